The Hall–Kier alpha value is -2.90. The number of carbonyl (C=O) groups excluding carboxylic acids is 1. The number of benzene rings is 2. The van der Waals surface area contributed by atoms with E-state index in [9.17, 15) is 4.79 Å². The molecule has 3 N–H and O–H groups in total. The van der Waals surface area contributed by atoms with Crippen LogP contribution in [0.25, 0.3) is 11.0 Å². The standard InChI is InChI=1S/C24H31N5O2/c1-28-22-5-3-2-4-21(22)27-24(28)26-20-11-15-29(16-12-20)14-10-18-6-8-19(9-7-18)23(31)25-13-17-30/h2-9,20,30H,10-17H2,1H3,(H,25,31)(H,26,27). The van der Waals surface area contributed by atoms with E-state index in [0.717, 1.165) is 55.9 Å². The third-order valence-corrected chi connectivity index (χ3v) is 6.04. The molecule has 1 amide bonds. The number of rotatable bonds is 8. The fourth-order valence-corrected chi connectivity index (χ4v) is 4.14. The molecule has 2 aromatic carbocycles. The summed E-state index contributed by atoms with van der Waals surface area (Å²) in [5.74, 6) is 0.804. The van der Waals surface area contributed by atoms with Crippen LogP contribution in [0.4, 0.5) is 5.95 Å². The Balaban J connectivity index is 1.23. The van der Waals surface area contributed by atoms with Crippen molar-refractivity contribution in [1.29, 1.82) is 0 Å². The van der Waals surface area contributed by atoms with E-state index in [4.69, 9.17) is 10.1 Å². The molecule has 0 spiro atoms. The first kappa shape index (κ1) is 21.3. The molecule has 0 radical (unpaired) electrons. The number of nitrogens with one attached hydrogen (secondary N) is 2. The molecule has 0 saturated carbocycles. The van der Waals surface area contributed by atoms with Crippen LogP contribution in [0, 0.1) is 0 Å². The van der Waals surface area contributed by atoms with Gasteiger partial charge in [0.15, 0.2) is 0 Å². The number of imidazole rings is 1. The van der Waals surface area contributed by atoms with Crippen LogP contribution in [-0.2, 0) is 13.5 Å². The molecule has 1 saturated heterocycles. The van der Waals surface area contributed by atoms with Gasteiger partial charge < -0.3 is 25.2 Å². The van der Waals surface area contributed by atoms with Crippen LogP contribution in [0.15, 0.2) is 48.5 Å². The quantitative estimate of drug-likeness (QED) is 0.520. The summed E-state index contributed by atoms with van der Waals surface area (Å²) >= 11 is 0. The molecule has 164 valence electrons. The number of amides is 1. The van der Waals surface area contributed by atoms with Crippen LogP contribution in [0.1, 0.15) is 28.8 Å². The van der Waals surface area contributed by atoms with E-state index in [0.29, 0.717) is 11.6 Å². The van der Waals surface area contributed by atoms with Crippen LogP contribution < -0.4 is 10.6 Å². The van der Waals surface area contributed by atoms with Crippen LogP contribution in [-0.4, -0.2) is 64.3 Å². The molecule has 0 atom stereocenters. The number of nitrogens with zero attached hydrogens (tertiary/aromatic N) is 3. The molecule has 3 aromatic rings. The summed E-state index contributed by atoms with van der Waals surface area (Å²) in [7, 11) is 2.06. The molecule has 0 unspecified atom stereocenters. The number of fused-ring (bicyclic) bond motifs is 1. The lowest BCUT2D eigenvalue weighted by Crippen LogP contribution is -2.40. The van der Waals surface area contributed by atoms with Crippen LogP contribution >= 0.6 is 0 Å². The maximum atomic E-state index is 11.9. The number of anilines is 1. The van der Waals surface area contributed by atoms with Gasteiger partial charge in [-0.1, -0.05) is 24.3 Å². The second kappa shape index (κ2) is 9.94. The van der Waals surface area contributed by atoms with Crippen LogP contribution in [0.3, 0.4) is 0 Å². The van der Waals surface area contributed by atoms with Gasteiger partial charge in [-0.3, -0.25) is 4.79 Å². The van der Waals surface area contributed by atoms with Gasteiger partial charge in [-0.05, 0) is 49.1 Å². The first-order valence-electron chi connectivity index (χ1n) is 11.0. The highest BCUT2D eigenvalue weighted by molar-refractivity contribution is 5.94. The summed E-state index contributed by atoms with van der Waals surface area (Å²) in [5.41, 5.74) is 4.05. The molecule has 0 aliphatic carbocycles. The van der Waals surface area contributed by atoms with Crippen molar-refractivity contribution in [3.05, 3.63) is 59.7 Å². The average molecular weight is 422 g/mol. The van der Waals surface area contributed by atoms with Crippen LogP contribution in [0.2, 0.25) is 0 Å². The Labute approximate surface area is 183 Å². The van der Waals surface area contributed by atoms with Gasteiger partial charge in [-0.2, -0.15) is 0 Å². The number of aromatic nitrogens is 2. The van der Waals surface area contributed by atoms with Crippen molar-refractivity contribution < 1.29 is 9.90 Å². The number of para-hydroxylation sites is 2. The van der Waals surface area contributed by atoms with E-state index >= 15 is 0 Å². The third kappa shape index (κ3) is 5.24. The molecule has 2 heterocycles. The molecule has 4 rings (SSSR count). The van der Waals surface area contributed by atoms with Crippen molar-refractivity contribution in [1.82, 2.24) is 19.8 Å². The van der Waals surface area contributed by atoms with Gasteiger partial charge in [0.2, 0.25) is 5.95 Å². The minimum atomic E-state index is -0.143. The molecule has 31 heavy (non-hydrogen) atoms. The number of hydrogen-bond acceptors (Lipinski definition) is 5. The highest BCUT2D eigenvalue weighted by Crippen LogP contribution is 2.21. The third-order valence-electron chi connectivity index (χ3n) is 6.04. The first-order valence-corrected chi connectivity index (χ1v) is 11.0. The minimum absolute atomic E-state index is 0.0471. The highest BCUT2D eigenvalue weighted by Gasteiger charge is 2.20. The Morgan fingerprint density at radius 3 is 2.58 bits per heavy atom. The van der Waals surface area contributed by atoms with E-state index < -0.39 is 0 Å². The molecule has 1 fully saturated rings. The second-order valence-corrected chi connectivity index (χ2v) is 8.17. The van der Waals surface area contributed by atoms with Gasteiger partial charge in [-0.15, -0.1) is 0 Å². The largest absolute Gasteiger partial charge is 0.395 e. The zero-order valence-electron chi connectivity index (χ0n) is 18.1. The van der Waals surface area contributed by atoms with Gasteiger partial charge in [0.05, 0.1) is 17.6 Å². The Kier molecular flexibility index (Phi) is 6.84. The van der Waals surface area contributed by atoms with Gasteiger partial charge in [0.25, 0.3) is 5.91 Å². The molecule has 7 nitrogen and oxygen atoms in total. The van der Waals surface area contributed by atoms with E-state index in [1.54, 1.807) is 0 Å². The van der Waals surface area contributed by atoms with Crippen molar-refractivity contribution in [2.24, 2.45) is 7.05 Å². The summed E-state index contributed by atoms with van der Waals surface area (Å²) in [5, 5.41) is 15.1. The minimum Gasteiger partial charge on any atom is -0.395 e. The topological polar surface area (TPSA) is 82.4 Å². The summed E-state index contributed by atoms with van der Waals surface area (Å²) in [6.45, 7) is 3.40. The van der Waals surface area contributed by atoms with Crippen molar-refractivity contribution >= 4 is 22.9 Å². The zero-order chi connectivity index (χ0) is 21.6. The number of piperidine rings is 1. The smallest absolute Gasteiger partial charge is 0.251 e. The lowest BCUT2D eigenvalue weighted by molar-refractivity contribution is 0.0945. The number of hydrogen-bond donors (Lipinski definition) is 3. The summed E-state index contributed by atoms with van der Waals surface area (Å²) in [6, 6.07) is 16.4. The average Bonchev–Trinajstić information content (AvgIpc) is 3.12. The van der Waals surface area contributed by atoms with Gasteiger partial charge >= 0.3 is 0 Å². The monoisotopic (exact) mass is 421 g/mol. The maximum Gasteiger partial charge on any atom is 0.251 e. The van der Waals surface area contributed by atoms with Gasteiger partial charge in [0.1, 0.15) is 0 Å². The number of carbonyl (C=O) groups is 1. The molecule has 0 bridgehead atoms. The summed E-state index contributed by atoms with van der Waals surface area (Å²) in [4.78, 5) is 19.2. The second-order valence-electron chi connectivity index (χ2n) is 8.17. The maximum absolute atomic E-state index is 11.9. The summed E-state index contributed by atoms with van der Waals surface area (Å²) in [6.07, 6.45) is 3.18. The van der Waals surface area contributed by atoms with Gasteiger partial charge in [-0.25, -0.2) is 4.98 Å². The predicted octanol–water partition coefficient (Wildman–Crippen LogP) is 2.41. The fraction of sp³-hybridized carbons (Fsp3) is 0.417. The van der Waals surface area contributed by atoms with E-state index in [1.807, 2.05) is 36.4 Å². The van der Waals surface area contributed by atoms with Crippen molar-refractivity contribution in [3.63, 3.8) is 0 Å². The Morgan fingerprint density at radius 2 is 1.87 bits per heavy atom. The normalized spacial score (nSPS) is 15.3. The molecule has 1 aliphatic rings. The molecule has 1 aliphatic heterocycles. The van der Waals surface area contributed by atoms with Crippen LogP contribution in [0.5, 0.6) is 0 Å². The van der Waals surface area contributed by atoms with Gasteiger partial charge in [0, 0.05) is 44.8 Å². The van der Waals surface area contributed by atoms with E-state index in [2.05, 4.69) is 39.3 Å². The van der Waals surface area contributed by atoms with Crippen molar-refractivity contribution in [2.75, 3.05) is 38.1 Å². The molecular formula is C24H31N5O2. The number of aliphatic hydroxyl groups is 1. The lowest BCUT2D eigenvalue weighted by atomic mass is 10.0. The van der Waals surface area contributed by atoms with E-state index in [1.165, 1.54) is 5.56 Å². The lowest BCUT2D eigenvalue weighted by Gasteiger charge is -2.32. The molecule has 7 heteroatoms. The highest BCUT2D eigenvalue weighted by atomic mass is 16.3. The number of likely N-dealkylation sites (tertiary alicyclic amines) is 1. The zero-order valence-corrected chi connectivity index (χ0v) is 18.1. The predicted molar refractivity (Wildman–Crippen MR) is 123 cm³/mol. The number of aliphatic hydroxyl groups excluding tert-OH is 1. The van der Waals surface area contributed by atoms with Crippen molar-refractivity contribution in [2.45, 2.75) is 25.3 Å². The van der Waals surface area contributed by atoms with Crippen molar-refractivity contribution in [3.8, 4) is 0 Å². The Morgan fingerprint density at radius 1 is 1.13 bits per heavy atom. The summed E-state index contributed by atoms with van der Waals surface area (Å²) < 4.78 is 2.13. The van der Waals surface area contributed by atoms with E-state index in [-0.39, 0.29) is 19.1 Å². The number of aryl methyl sites for hydroxylation is 1. The molecule has 1 aromatic heterocycles. The fourth-order valence-electron chi connectivity index (χ4n) is 4.14. The SMILES string of the molecule is Cn1c(NC2CCN(CCc3ccc(C(=O)NCCO)cc3)CC2)nc2ccccc21. The Bertz CT molecular complexity index is 1010. The first-order chi connectivity index (χ1) is 15.1. The molecular weight excluding hydrogens is 390 g/mol.